The highest BCUT2D eigenvalue weighted by Crippen LogP contribution is 2.25. The molecule has 2 aliphatic rings. The highest BCUT2D eigenvalue weighted by molar-refractivity contribution is 8.00. The molecule has 2 heterocycles. The van der Waals surface area contributed by atoms with Crippen molar-refractivity contribution in [2.75, 3.05) is 45.1 Å². The van der Waals surface area contributed by atoms with Gasteiger partial charge in [0.1, 0.15) is 11.6 Å². The van der Waals surface area contributed by atoms with Crippen molar-refractivity contribution in [3.63, 3.8) is 0 Å². The fraction of sp³-hybridized carbons (Fsp3) is 0.444. The average molecular weight is 616 g/mol. The molecule has 9 nitrogen and oxygen atoms in total. The first-order valence-electron chi connectivity index (χ1n) is 13.0. The minimum atomic E-state index is -1.30. The van der Waals surface area contributed by atoms with E-state index in [1.807, 2.05) is 0 Å². The zero-order valence-corrected chi connectivity index (χ0v) is 23.9. The van der Waals surface area contributed by atoms with Crippen molar-refractivity contribution in [2.24, 2.45) is 5.73 Å². The zero-order valence-electron chi connectivity index (χ0n) is 22.2. The maximum absolute atomic E-state index is 13.9. The number of carbonyl (C=O) groups is 3. The van der Waals surface area contributed by atoms with Gasteiger partial charge >= 0.3 is 0 Å². The van der Waals surface area contributed by atoms with E-state index >= 15 is 0 Å². The first-order valence-corrected chi connectivity index (χ1v) is 14.0. The van der Waals surface area contributed by atoms with Gasteiger partial charge in [-0.25, -0.2) is 13.2 Å². The quantitative estimate of drug-likeness (QED) is 0.349. The molecule has 2 saturated heterocycles. The van der Waals surface area contributed by atoms with Crippen LogP contribution in [0, 0.1) is 17.5 Å². The van der Waals surface area contributed by atoms with Crippen LogP contribution in [0.3, 0.4) is 0 Å². The third kappa shape index (κ3) is 8.99. The second-order valence-corrected chi connectivity index (χ2v) is 10.8. The van der Waals surface area contributed by atoms with Gasteiger partial charge in [-0.3, -0.25) is 14.4 Å². The number of piperazine rings is 1. The lowest BCUT2D eigenvalue weighted by Gasteiger charge is -2.27. The maximum Gasteiger partial charge on any atom is 0.260 e. The summed E-state index contributed by atoms with van der Waals surface area (Å²) in [5.41, 5.74) is 6.70. The lowest BCUT2D eigenvalue weighted by atomic mass is 10.0. The fourth-order valence-corrected chi connectivity index (χ4v) is 5.65. The molecule has 3 amide bonds. The summed E-state index contributed by atoms with van der Waals surface area (Å²) >= 11 is 1.32. The summed E-state index contributed by atoms with van der Waals surface area (Å²) in [5.74, 6) is -3.09. The molecule has 0 aromatic heterocycles. The van der Waals surface area contributed by atoms with E-state index in [0.29, 0.717) is 37.2 Å². The second-order valence-electron chi connectivity index (χ2n) is 9.62. The normalized spacial score (nSPS) is 17.5. The monoisotopic (exact) mass is 615 g/mol. The summed E-state index contributed by atoms with van der Waals surface area (Å²) in [6, 6.07) is 7.37. The number of benzene rings is 2. The molecule has 14 heteroatoms. The van der Waals surface area contributed by atoms with Gasteiger partial charge in [-0.2, -0.15) is 0 Å². The van der Waals surface area contributed by atoms with Crippen molar-refractivity contribution in [1.82, 2.24) is 20.4 Å². The summed E-state index contributed by atoms with van der Waals surface area (Å²) in [7, 11) is 0. The predicted molar refractivity (Wildman–Crippen MR) is 151 cm³/mol. The Morgan fingerprint density at radius 1 is 1.02 bits per heavy atom. The number of nitrogens with one attached hydrogen (secondary N) is 2. The van der Waals surface area contributed by atoms with Crippen LogP contribution in [0.2, 0.25) is 0 Å². The molecule has 2 fully saturated rings. The summed E-state index contributed by atoms with van der Waals surface area (Å²) in [4.78, 5) is 41.2. The Balaban J connectivity index is 0.00000462. The van der Waals surface area contributed by atoms with Crippen LogP contribution in [0.5, 0.6) is 5.75 Å². The number of hydrogen-bond acceptors (Lipinski definition) is 7. The standard InChI is InChI=1S/C27H32F3N5O4S.ClH/c28-21-14-23(30)22(29)12-18(21)11-19(31)13-24(36)35-9-10-40-27(35)26(38)33-15-17-1-3-20(4-2-17)39-16-25(37)34-7-5-32-6-8-34;/h1-4,12,14,19,27,32H,5-11,13,15-16,31H2,(H,33,38);1H/t19-,27?;/m1./s1. The van der Waals surface area contributed by atoms with E-state index in [1.165, 1.54) is 16.7 Å². The Morgan fingerprint density at radius 3 is 2.41 bits per heavy atom. The minimum Gasteiger partial charge on any atom is -0.484 e. The molecule has 2 atom stereocenters. The molecule has 0 saturated carbocycles. The van der Waals surface area contributed by atoms with Crippen molar-refractivity contribution in [3.05, 3.63) is 65.0 Å². The van der Waals surface area contributed by atoms with E-state index in [4.69, 9.17) is 10.5 Å². The summed E-state index contributed by atoms with van der Waals surface area (Å²) < 4.78 is 46.2. The highest BCUT2D eigenvalue weighted by Gasteiger charge is 2.35. The molecule has 2 aliphatic heterocycles. The molecular formula is C27H33ClF3N5O4S. The summed E-state index contributed by atoms with van der Waals surface area (Å²) in [6.45, 7) is 3.40. The van der Waals surface area contributed by atoms with Crippen LogP contribution in [0.15, 0.2) is 36.4 Å². The van der Waals surface area contributed by atoms with Crippen LogP contribution in [-0.2, 0) is 27.3 Å². The van der Waals surface area contributed by atoms with Gasteiger partial charge in [0.2, 0.25) is 5.91 Å². The van der Waals surface area contributed by atoms with Crippen molar-refractivity contribution >= 4 is 41.9 Å². The number of thioether (sulfide) groups is 1. The highest BCUT2D eigenvalue weighted by atomic mass is 35.5. The molecule has 0 radical (unpaired) electrons. The Hall–Kier alpha value is -3.00. The van der Waals surface area contributed by atoms with Crippen molar-refractivity contribution in [3.8, 4) is 5.75 Å². The zero-order chi connectivity index (χ0) is 28.6. The van der Waals surface area contributed by atoms with Crippen molar-refractivity contribution in [1.29, 1.82) is 0 Å². The number of nitrogens with zero attached hydrogens (tertiary/aromatic N) is 2. The van der Waals surface area contributed by atoms with Gasteiger partial charge in [-0.1, -0.05) is 12.1 Å². The van der Waals surface area contributed by atoms with Gasteiger partial charge in [0.25, 0.3) is 11.8 Å². The molecule has 4 rings (SSSR count). The van der Waals surface area contributed by atoms with Gasteiger partial charge in [0.05, 0.1) is 0 Å². The Kier molecular flexibility index (Phi) is 12.1. The lowest BCUT2D eigenvalue weighted by Crippen LogP contribution is -2.47. The van der Waals surface area contributed by atoms with Crippen molar-refractivity contribution < 1.29 is 32.3 Å². The van der Waals surface area contributed by atoms with Crippen molar-refractivity contribution in [2.45, 2.75) is 30.8 Å². The topological polar surface area (TPSA) is 117 Å². The van der Waals surface area contributed by atoms with E-state index in [1.54, 1.807) is 29.2 Å². The molecule has 4 N–H and O–H groups in total. The van der Waals surface area contributed by atoms with E-state index in [-0.39, 0.29) is 61.7 Å². The largest absolute Gasteiger partial charge is 0.484 e. The van der Waals surface area contributed by atoms with Crippen LogP contribution in [-0.4, -0.2) is 84.0 Å². The first kappa shape index (κ1) is 32.5. The van der Waals surface area contributed by atoms with E-state index in [0.717, 1.165) is 24.7 Å². The molecular weight excluding hydrogens is 583 g/mol. The Labute approximate surface area is 246 Å². The number of amides is 3. The molecule has 224 valence electrons. The molecule has 1 unspecified atom stereocenters. The van der Waals surface area contributed by atoms with Crippen LogP contribution in [0.4, 0.5) is 13.2 Å². The number of nitrogens with two attached hydrogens (primary N) is 1. The van der Waals surface area contributed by atoms with Crippen LogP contribution in [0.1, 0.15) is 17.5 Å². The van der Waals surface area contributed by atoms with Gasteiger partial charge in [0, 0.05) is 63.6 Å². The van der Waals surface area contributed by atoms with Crippen LogP contribution < -0.4 is 21.1 Å². The summed E-state index contributed by atoms with van der Waals surface area (Å²) in [5, 5.41) is 5.29. The number of rotatable bonds is 10. The average Bonchev–Trinajstić information content (AvgIpc) is 3.45. The Morgan fingerprint density at radius 2 is 1.71 bits per heavy atom. The second kappa shape index (κ2) is 15.3. The van der Waals surface area contributed by atoms with Gasteiger partial charge < -0.3 is 30.9 Å². The van der Waals surface area contributed by atoms with E-state index in [9.17, 15) is 27.6 Å². The minimum absolute atomic E-state index is 0. The molecule has 2 aromatic carbocycles. The lowest BCUT2D eigenvalue weighted by molar-refractivity contribution is -0.136. The van der Waals surface area contributed by atoms with Gasteiger partial charge in [0.15, 0.2) is 23.6 Å². The fourth-order valence-electron chi connectivity index (χ4n) is 4.49. The van der Waals surface area contributed by atoms with Crippen LogP contribution in [0.25, 0.3) is 0 Å². The first-order chi connectivity index (χ1) is 19.2. The molecule has 0 aliphatic carbocycles. The smallest absolute Gasteiger partial charge is 0.260 e. The molecule has 41 heavy (non-hydrogen) atoms. The number of hydrogen-bond donors (Lipinski definition) is 3. The maximum atomic E-state index is 13.9. The number of ether oxygens (including phenoxy) is 1. The van der Waals surface area contributed by atoms with Crippen LogP contribution >= 0.6 is 24.2 Å². The number of halogens is 4. The molecule has 0 spiro atoms. The predicted octanol–water partition coefficient (Wildman–Crippen LogP) is 1.81. The number of carbonyl (C=O) groups excluding carboxylic acids is 3. The Bertz CT molecular complexity index is 1220. The molecule has 0 bridgehead atoms. The SMILES string of the molecule is Cl.N[C@@H](CC(=O)N1CCSC1C(=O)NCc1ccc(OCC(=O)N2CCNCC2)cc1)Cc1cc(F)c(F)cc1F. The van der Waals surface area contributed by atoms with E-state index < -0.39 is 28.9 Å². The van der Waals surface area contributed by atoms with Gasteiger partial charge in [-0.15, -0.1) is 24.2 Å². The molecule has 2 aromatic rings. The van der Waals surface area contributed by atoms with Gasteiger partial charge in [-0.05, 0) is 35.7 Å². The third-order valence-corrected chi connectivity index (χ3v) is 7.87. The third-order valence-electron chi connectivity index (χ3n) is 6.67. The van der Waals surface area contributed by atoms with E-state index in [2.05, 4.69) is 10.6 Å². The summed E-state index contributed by atoms with van der Waals surface area (Å²) in [6.07, 6.45) is -0.336.